The van der Waals surface area contributed by atoms with Crippen molar-refractivity contribution in [2.45, 2.75) is 23.9 Å². The highest BCUT2D eigenvalue weighted by molar-refractivity contribution is 5.89. The molecule has 120 valence electrons. The minimum Gasteiger partial charge on any atom is -0.468 e. The molecule has 0 heterocycles. The van der Waals surface area contributed by atoms with Crippen LogP contribution in [0.1, 0.15) is 29.0 Å². The van der Waals surface area contributed by atoms with Gasteiger partial charge in [0, 0.05) is 5.92 Å². The average molecular weight is 320 g/mol. The normalized spacial score (nSPS) is 23.4. The van der Waals surface area contributed by atoms with Gasteiger partial charge >= 0.3 is 12.1 Å². The summed E-state index contributed by atoms with van der Waals surface area (Å²) in [6, 6.07) is 14.2. The second-order valence-corrected chi connectivity index (χ2v) is 5.71. The van der Waals surface area contributed by atoms with Crippen molar-refractivity contribution in [3.8, 4) is 0 Å². The molecule has 2 atom stereocenters. The maximum Gasteiger partial charge on any atom is 0.416 e. The first-order chi connectivity index (χ1) is 10.9. The molecule has 3 rings (SSSR count). The Kier molecular flexibility index (Phi) is 3.66. The Bertz CT molecular complexity index is 725. The number of carbonyl (C=O) groups is 1. The molecule has 0 N–H and O–H groups in total. The van der Waals surface area contributed by atoms with Gasteiger partial charge in [0.1, 0.15) is 5.41 Å². The van der Waals surface area contributed by atoms with Crippen LogP contribution in [0.25, 0.3) is 0 Å². The first-order valence-electron chi connectivity index (χ1n) is 7.20. The second kappa shape index (κ2) is 5.41. The molecule has 0 saturated heterocycles. The Balaban J connectivity index is 2.01. The van der Waals surface area contributed by atoms with Crippen LogP contribution in [0.3, 0.4) is 0 Å². The number of alkyl halides is 3. The van der Waals surface area contributed by atoms with E-state index in [1.165, 1.54) is 13.2 Å². The van der Waals surface area contributed by atoms with Crippen LogP contribution < -0.4 is 0 Å². The Morgan fingerprint density at radius 1 is 1.13 bits per heavy atom. The molecule has 2 nitrogen and oxygen atoms in total. The van der Waals surface area contributed by atoms with Gasteiger partial charge in [-0.2, -0.15) is 13.2 Å². The maximum atomic E-state index is 12.9. The molecule has 1 aliphatic rings. The number of hydrogen-bond acceptors (Lipinski definition) is 2. The maximum absolute atomic E-state index is 12.9. The predicted molar refractivity (Wildman–Crippen MR) is 78.9 cm³/mol. The van der Waals surface area contributed by atoms with Crippen LogP contribution in [0.15, 0.2) is 54.6 Å². The van der Waals surface area contributed by atoms with Gasteiger partial charge in [-0.3, -0.25) is 4.79 Å². The third-order valence-corrected chi connectivity index (χ3v) is 4.42. The van der Waals surface area contributed by atoms with Crippen molar-refractivity contribution in [3.63, 3.8) is 0 Å². The summed E-state index contributed by atoms with van der Waals surface area (Å²) in [4.78, 5) is 12.3. The monoisotopic (exact) mass is 320 g/mol. The summed E-state index contributed by atoms with van der Waals surface area (Å²) in [5.41, 5.74) is -0.308. The first kappa shape index (κ1) is 15.6. The minimum absolute atomic E-state index is 0.306. The smallest absolute Gasteiger partial charge is 0.416 e. The van der Waals surface area contributed by atoms with Crippen molar-refractivity contribution in [2.24, 2.45) is 0 Å². The van der Waals surface area contributed by atoms with Crippen molar-refractivity contribution in [1.82, 2.24) is 0 Å². The van der Waals surface area contributed by atoms with Crippen molar-refractivity contribution in [1.29, 1.82) is 0 Å². The number of hydrogen-bond donors (Lipinski definition) is 0. The zero-order chi connectivity index (χ0) is 16.7. The Labute approximate surface area is 131 Å². The van der Waals surface area contributed by atoms with Crippen LogP contribution in [0.5, 0.6) is 0 Å². The van der Waals surface area contributed by atoms with E-state index in [2.05, 4.69) is 0 Å². The van der Waals surface area contributed by atoms with Crippen molar-refractivity contribution in [3.05, 3.63) is 71.3 Å². The molecule has 2 aromatic carbocycles. The largest absolute Gasteiger partial charge is 0.468 e. The summed E-state index contributed by atoms with van der Waals surface area (Å²) in [5, 5.41) is 0. The zero-order valence-corrected chi connectivity index (χ0v) is 12.4. The molecule has 0 radical (unpaired) electrons. The summed E-state index contributed by atoms with van der Waals surface area (Å²) in [5.74, 6) is -0.717. The van der Waals surface area contributed by atoms with E-state index >= 15 is 0 Å². The third kappa shape index (κ3) is 2.60. The zero-order valence-electron chi connectivity index (χ0n) is 12.4. The second-order valence-electron chi connectivity index (χ2n) is 5.71. The number of ether oxygens (including phenoxy) is 1. The predicted octanol–water partition coefficient (Wildman–Crippen LogP) is 4.30. The van der Waals surface area contributed by atoms with E-state index in [1.807, 2.05) is 30.3 Å². The Morgan fingerprint density at radius 3 is 2.43 bits per heavy atom. The lowest BCUT2D eigenvalue weighted by molar-refractivity contribution is -0.143. The first-order valence-corrected chi connectivity index (χ1v) is 7.20. The van der Waals surface area contributed by atoms with Gasteiger partial charge in [-0.15, -0.1) is 0 Å². The molecule has 0 aromatic heterocycles. The molecular weight excluding hydrogens is 305 g/mol. The lowest BCUT2D eigenvalue weighted by Gasteiger charge is -2.16. The highest BCUT2D eigenvalue weighted by atomic mass is 19.4. The van der Waals surface area contributed by atoms with Gasteiger partial charge < -0.3 is 4.74 Å². The Morgan fingerprint density at radius 2 is 1.83 bits per heavy atom. The topological polar surface area (TPSA) is 26.3 Å². The average Bonchev–Trinajstić information content (AvgIpc) is 3.31. The lowest BCUT2D eigenvalue weighted by atomic mass is 9.90. The minimum atomic E-state index is -4.40. The quantitative estimate of drug-likeness (QED) is 0.788. The van der Waals surface area contributed by atoms with E-state index in [1.54, 1.807) is 6.07 Å². The van der Waals surface area contributed by atoms with Crippen molar-refractivity contribution in [2.75, 3.05) is 7.11 Å². The van der Waals surface area contributed by atoms with Crippen molar-refractivity contribution < 1.29 is 22.7 Å². The molecule has 1 aliphatic carbocycles. The number of esters is 1. The molecule has 1 fully saturated rings. The molecular formula is C18H15F3O2. The fraction of sp³-hybridized carbons (Fsp3) is 0.278. The number of benzene rings is 2. The molecule has 1 saturated carbocycles. The van der Waals surface area contributed by atoms with Gasteiger partial charge in [-0.1, -0.05) is 48.5 Å². The number of carbonyl (C=O) groups excluding carboxylic acids is 1. The number of methoxy groups -OCH3 is 1. The highest BCUT2D eigenvalue weighted by Crippen LogP contribution is 2.61. The van der Waals surface area contributed by atoms with Gasteiger partial charge in [0.25, 0.3) is 0 Å². The highest BCUT2D eigenvalue weighted by Gasteiger charge is 2.62. The van der Waals surface area contributed by atoms with Crippen LogP contribution in [-0.4, -0.2) is 13.1 Å². The van der Waals surface area contributed by atoms with Crippen LogP contribution in [0.4, 0.5) is 13.2 Å². The number of rotatable bonds is 3. The van der Waals surface area contributed by atoms with E-state index in [4.69, 9.17) is 4.74 Å². The van der Waals surface area contributed by atoms with Gasteiger partial charge in [-0.25, -0.2) is 0 Å². The summed E-state index contributed by atoms with van der Waals surface area (Å²) < 4.78 is 43.6. The van der Waals surface area contributed by atoms with Gasteiger partial charge in [-0.05, 0) is 23.6 Å². The van der Waals surface area contributed by atoms with Crippen LogP contribution >= 0.6 is 0 Å². The fourth-order valence-corrected chi connectivity index (χ4v) is 3.18. The molecule has 0 unspecified atom stereocenters. The van der Waals surface area contributed by atoms with E-state index in [9.17, 15) is 18.0 Å². The van der Waals surface area contributed by atoms with E-state index in [0.717, 1.165) is 17.7 Å². The standard InChI is InChI=1S/C18H15F3O2/c1-23-16(22)17(13-7-3-2-4-8-13)11-15(17)12-6-5-9-14(10-12)18(19,20)21/h2-10,15H,11H2,1H3/t15-,17+/m0/s1. The summed E-state index contributed by atoms with van der Waals surface area (Å²) >= 11 is 0. The van der Waals surface area contributed by atoms with Crippen LogP contribution in [0.2, 0.25) is 0 Å². The van der Waals surface area contributed by atoms with Gasteiger partial charge in [0.05, 0.1) is 12.7 Å². The molecule has 0 bridgehead atoms. The van der Waals surface area contributed by atoms with Crippen molar-refractivity contribution >= 4 is 5.97 Å². The SMILES string of the molecule is COC(=O)[C@@]1(c2ccccc2)C[C@H]1c1cccc(C(F)(F)F)c1. The molecule has 2 aromatic rings. The molecule has 0 amide bonds. The molecule has 23 heavy (non-hydrogen) atoms. The third-order valence-electron chi connectivity index (χ3n) is 4.42. The van der Waals surface area contributed by atoms with E-state index < -0.39 is 23.1 Å². The molecule has 5 heteroatoms. The lowest BCUT2D eigenvalue weighted by Crippen LogP contribution is -2.24. The summed E-state index contributed by atoms with van der Waals surface area (Å²) in [6.07, 6.45) is -3.95. The molecule has 0 aliphatic heterocycles. The Hall–Kier alpha value is -2.30. The van der Waals surface area contributed by atoms with E-state index in [0.29, 0.717) is 12.0 Å². The van der Waals surface area contributed by atoms with E-state index in [-0.39, 0.29) is 5.92 Å². The van der Waals surface area contributed by atoms with Gasteiger partial charge in [0.15, 0.2) is 0 Å². The van der Waals surface area contributed by atoms with Crippen LogP contribution in [-0.2, 0) is 21.1 Å². The van der Waals surface area contributed by atoms with Crippen LogP contribution in [0, 0.1) is 0 Å². The molecule has 0 spiro atoms. The number of halogens is 3. The van der Waals surface area contributed by atoms with Gasteiger partial charge in [0.2, 0.25) is 0 Å². The summed E-state index contributed by atoms with van der Waals surface area (Å²) in [7, 11) is 1.30. The summed E-state index contributed by atoms with van der Waals surface area (Å²) in [6.45, 7) is 0. The fourth-order valence-electron chi connectivity index (χ4n) is 3.18.